The molecule has 200 valence electrons. The van der Waals surface area contributed by atoms with E-state index in [0.717, 1.165) is 26.7 Å². The third-order valence-electron chi connectivity index (χ3n) is 5.93. The lowest BCUT2D eigenvalue weighted by Gasteiger charge is -2.26. The predicted octanol–water partition coefficient (Wildman–Crippen LogP) is 8.32. The summed E-state index contributed by atoms with van der Waals surface area (Å²) in [6.45, 7) is 5.65. The maximum absolute atomic E-state index is 12.3. The molecule has 0 saturated carbocycles. The first-order valence-corrected chi connectivity index (χ1v) is 14.3. The summed E-state index contributed by atoms with van der Waals surface area (Å²) in [5.41, 5.74) is 1.99. The Morgan fingerprint density at radius 1 is 0.564 bits per heavy atom. The van der Waals surface area contributed by atoms with E-state index >= 15 is 0 Å². The lowest BCUT2D eigenvalue weighted by atomic mass is 9.78. The molecule has 0 bridgehead atoms. The molecule has 0 radical (unpaired) electrons. The van der Waals surface area contributed by atoms with Crippen LogP contribution in [0.4, 0.5) is 4.79 Å². The van der Waals surface area contributed by atoms with Gasteiger partial charge in [0.15, 0.2) is 0 Å². The van der Waals surface area contributed by atoms with Gasteiger partial charge in [-0.3, -0.25) is 4.79 Å². The van der Waals surface area contributed by atoms with E-state index in [1.807, 2.05) is 60.7 Å². The number of carbonyl (C=O) groups excluding carboxylic acids is 2. The molecule has 0 amide bonds. The molecule has 4 aromatic carbocycles. The zero-order chi connectivity index (χ0) is 27.8. The summed E-state index contributed by atoms with van der Waals surface area (Å²) in [6.07, 6.45) is -0.806. The van der Waals surface area contributed by atoms with Crippen molar-refractivity contribution in [2.24, 2.45) is 0 Å². The average Bonchev–Trinajstić information content (AvgIpc) is 2.93. The summed E-state index contributed by atoms with van der Waals surface area (Å²) in [6, 6.07) is 29.8. The average molecular weight is 561 g/mol. The van der Waals surface area contributed by atoms with E-state index in [4.69, 9.17) is 18.9 Å². The van der Waals surface area contributed by atoms with E-state index in [1.54, 1.807) is 65.1 Å². The molecule has 0 spiro atoms. The lowest BCUT2D eigenvalue weighted by molar-refractivity contribution is -0.131. The fraction of sp³-hybridized carbons (Fsp3) is 0.161. The number of hydrogen-bond acceptors (Lipinski definition) is 8. The molecule has 8 heteroatoms. The van der Waals surface area contributed by atoms with Crippen molar-refractivity contribution < 1.29 is 28.5 Å². The molecule has 0 saturated heterocycles. The van der Waals surface area contributed by atoms with Gasteiger partial charge in [0.1, 0.15) is 23.0 Å². The van der Waals surface area contributed by atoms with E-state index in [0.29, 0.717) is 17.2 Å². The van der Waals surface area contributed by atoms with Gasteiger partial charge in [-0.05, 0) is 83.9 Å². The SMILES string of the molecule is COc1ccc(C(C)(C)c2ccc(OC(=O)Oc3ccc(SSc4ccc(OC(C)=O)cc4)cc3)cc2)cc1. The van der Waals surface area contributed by atoms with Crippen LogP contribution < -0.4 is 18.9 Å². The van der Waals surface area contributed by atoms with Gasteiger partial charge in [0.05, 0.1) is 7.11 Å². The van der Waals surface area contributed by atoms with Crippen molar-refractivity contribution in [3.05, 3.63) is 108 Å². The van der Waals surface area contributed by atoms with Gasteiger partial charge in [-0.15, -0.1) is 0 Å². The minimum absolute atomic E-state index is 0.239. The summed E-state index contributed by atoms with van der Waals surface area (Å²) in [5, 5.41) is 0. The predicted molar refractivity (Wildman–Crippen MR) is 154 cm³/mol. The van der Waals surface area contributed by atoms with Crippen molar-refractivity contribution in [2.75, 3.05) is 7.11 Å². The molecule has 0 heterocycles. The molecule has 4 aromatic rings. The fourth-order valence-corrected chi connectivity index (χ4v) is 5.65. The van der Waals surface area contributed by atoms with Crippen molar-refractivity contribution in [2.45, 2.75) is 36.0 Å². The minimum Gasteiger partial charge on any atom is -0.497 e. The van der Waals surface area contributed by atoms with Crippen molar-refractivity contribution in [3.8, 4) is 23.0 Å². The molecule has 0 aliphatic carbocycles. The second-order valence-corrected chi connectivity index (χ2v) is 11.3. The summed E-state index contributed by atoms with van der Waals surface area (Å²) in [4.78, 5) is 25.4. The van der Waals surface area contributed by atoms with Crippen LogP contribution in [0, 0.1) is 0 Å². The van der Waals surface area contributed by atoms with E-state index in [1.165, 1.54) is 6.92 Å². The molecule has 0 fully saturated rings. The summed E-state index contributed by atoms with van der Waals surface area (Å²) >= 11 is 0. The molecule has 0 N–H and O–H groups in total. The van der Waals surface area contributed by atoms with Crippen molar-refractivity contribution >= 4 is 33.7 Å². The standard InChI is InChI=1S/C31H28O6S2/c1-21(32)35-25-13-17-28(18-14-25)38-39-29-19-15-27(16-20-29)37-30(33)36-26-11-7-23(8-12-26)31(2,3)22-5-9-24(34-4)10-6-22/h5-20H,1-4H3. The van der Waals surface area contributed by atoms with Crippen LogP contribution in [0.2, 0.25) is 0 Å². The molecule has 0 aliphatic heterocycles. The Balaban J connectivity index is 1.28. The Kier molecular flexibility index (Phi) is 9.22. The number of carbonyl (C=O) groups is 2. The highest BCUT2D eigenvalue weighted by atomic mass is 33.1. The van der Waals surface area contributed by atoms with Gasteiger partial charge < -0.3 is 18.9 Å². The van der Waals surface area contributed by atoms with Crippen LogP contribution in [0.25, 0.3) is 0 Å². The Hall–Kier alpha value is -3.88. The van der Waals surface area contributed by atoms with Crippen molar-refractivity contribution in [1.82, 2.24) is 0 Å². The molecular formula is C31H28O6S2. The zero-order valence-electron chi connectivity index (χ0n) is 22.0. The van der Waals surface area contributed by atoms with E-state index in [9.17, 15) is 9.59 Å². The number of benzene rings is 4. The number of ether oxygens (including phenoxy) is 4. The highest BCUT2D eigenvalue weighted by Crippen LogP contribution is 2.38. The van der Waals surface area contributed by atoms with E-state index in [-0.39, 0.29) is 11.4 Å². The van der Waals surface area contributed by atoms with Gasteiger partial charge in [0.25, 0.3) is 0 Å². The van der Waals surface area contributed by atoms with E-state index < -0.39 is 6.16 Å². The highest BCUT2D eigenvalue weighted by molar-refractivity contribution is 8.76. The Morgan fingerprint density at radius 2 is 0.923 bits per heavy atom. The maximum Gasteiger partial charge on any atom is 0.519 e. The first-order valence-electron chi connectivity index (χ1n) is 12.1. The van der Waals surface area contributed by atoms with Crippen LogP contribution in [0.3, 0.4) is 0 Å². The molecule has 0 unspecified atom stereocenters. The van der Waals surface area contributed by atoms with Crippen molar-refractivity contribution in [1.29, 1.82) is 0 Å². The lowest BCUT2D eigenvalue weighted by Crippen LogP contribution is -2.19. The minimum atomic E-state index is -0.806. The molecule has 39 heavy (non-hydrogen) atoms. The normalized spacial score (nSPS) is 11.0. The summed E-state index contributed by atoms with van der Waals surface area (Å²) < 4.78 is 21.0. The van der Waals surface area contributed by atoms with Crippen LogP contribution >= 0.6 is 21.6 Å². The van der Waals surface area contributed by atoms with Gasteiger partial charge in [0, 0.05) is 22.1 Å². The van der Waals surface area contributed by atoms with Crippen LogP contribution in [-0.2, 0) is 10.2 Å². The van der Waals surface area contributed by atoms with Crippen molar-refractivity contribution in [3.63, 3.8) is 0 Å². The molecular weight excluding hydrogens is 532 g/mol. The Labute approximate surface area is 236 Å². The van der Waals surface area contributed by atoms with Crippen LogP contribution in [-0.4, -0.2) is 19.2 Å². The topological polar surface area (TPSA) is 71.1 Å². The van der Waals surface area contributed by atoms with E-state index in [2.05, 4.69) is 13.8 Å². The monoisotopic (exact) mass is 560 g/mol. The van der Waals surface area contributed by atoms with Crippen LogP contribution in [0.15, 0.2) is 107 Å². The fourth-order valence-electron chi connectivity index (χ4n) is 3.72. The van der Waals surface area contributed by atoms with Gasteiger partial charge in [0.2, 0.25) is 0 Å². The third-order valence-corrected chi connectivity index (χ3v) is 8.35. The number of esters is 1. The first-order chi connectivity index (χ1) is 18.7. The van der Waals surface area contributed by atoms with Crippen LogP contribution in [0.1, 0.15) is 31.9 Å². The van der Waals surface area contributed by atoms with Gasteiger partial charge in [-0.25, -0.2) is 4.79 Å². The third kappa shape index (κ3) is 7.81. The Morgan fingerprint density at radius 3 is 1.31 bits per heavy atom. The number of methoxy groups -OCH3 is 1. The molecule has 0 aliphatic rings. The summed E-state index contributed by atoms with van der Waals surface area (Å²) in [7, 11) is 4.77. The van der Waals surface area contributed by atoms with Gasteiger partial charge in [-0.2, -0.15) is 0 Å². The second kappa shape index (κ2) is 12.8. The second-order valence-electron chi connectivity index (χ2n) is 9.04. The largest absolute Gasteiger partial charge is 0.519 e. The smallest absolute Gasteiger partial charge is 0.497 e. The van der Waals surface area contributed by atoms with Gasteiger partial charge >= 0.3 is 12.1 Å². The molecule has 0 atom stereocenters. The Bertz CT molecular complexity index is 1400. The van der Waals surface area contributed by atoms with Crippen LogP contribution in [0.5, 0.6) is 23.0 Å². The maximum atomic E-state index is 12.3. The molecule has 6 nitrogen and oxygen atoms in total. The zero-order valence-corrected chi connectivity index (χ0v) is 23.6. The number of hydrogen-bond donors (Lipinski definition) is 0. The first kappa shape index (κ1) is 28.1. The molecule has 4 rings (SSSR count). The molecule has 0 aromatic heterocycles. The quantitative estimate of drug-likeness (QED) is 0.0876. The summed E-state index contributed by atoms with van der Waals surface area (Å²) in [5.74, 6) is 1.76. The van der Waals surface area contributed by atoms with Gasteiger partial charge in [-0.1, -0.05) is 59.7 Å². The highest BCUT2D eigenvalue weighted by Gasteiger charge is 2.23. The number of rotatable bonds is 9.